The molecule has 2 aliphatic heterocycles. The molecule has 0 saturated carbocycles. The van der Waals surface area contributed by atoms with Crippen LogP contribution in [0.15, 0.2) is 36.4 Å². The second-order valence-corrected chi connectivity index (χ2v) is 16.9. The van der Waals surface area contributed by atoms with Crippen LogP contribution in [0.3, 0.4) is 0 Å². The standard InChI is InChI=1S/C28H44N2P2/c1-26(2,3)32(27(4,5)6)19-24-23-10-8-7-9-20(23)11-12-25(24)28(31,21-13-15-29-17-21)22-14-16-30-18-22/h7-12,21-22,29-30H,13-19,31H2,1-6H3. The first-order chi connectivity index (χ1) is 15.0. The fourth-order valence-corrected chi connectivity index (χ4v) is 10.9. The lowest BCUT2D eigenvalue weighted by atomic mass is 9.72. The molecular formula is C28H44N2P2. The molecule has 3 unspecified atom stereocenters. The van der Waals surface area contributed by atoms with Crippen molar-refractivity contribution in [2.24, 2.45) is 11.8 Å². The second kappa shape index (κ2) is 9.26. The van der Waals surface area contributed by atoms with Crippen molar-refractivity contribution in [2.45, 2.75) is 76.0 Å². The molecule has 3 atom stereocenters. The van der Waals surface area contributed by atoms with Crippen molar-refractivity contribution in [2.75, 3.05) is 26.2 Å². The first-order valence-electron chi connectivity index (χ1n) is 12.5. The minimum Gasteiger partial charge on any atom is -0.316 e. The monoisotopic (exact) mass is 470 g/mol. The summed E-state index contributed by atoms with van der Waals surface area (Å²) in [6.07, 6.45) is 3.76. The van der Waals surface area contributed by atoms with E-state index in [9.17, 15) is 0 Å². The van der Waals surface area contributed by atoms with E-state index in [1.54, 1.807) is 11.1 Å². The topological polar surface area (TPSA) is 24.1 Å². The van der Waals surface area contributed by atoms with Crippen molar-refractivity contribution in [3.05, 3.63) is 47.5 Å². The Bertz CT molecular complexity index is 899. The largest absolute Gasteiger partial charge is 0.316 e. The summed E-state index contributed by atoms with van der Waals surface area (Å²) in [4.78, 5) is 0. The highest BCUT2D eigenvalue weighted by molar-refractivity contribution is 7.60. The predicted molar refractivity (Wildman–Crippen MR) is 147 cm³/mol. The van der Waals surface area contributed by atoms with E-state index in [2.05, 4.69) is 97.8 Å². The molecule has 2 saturated heterocycles. The van der Waals surface area contributed by atoms with Crippen molar-refractivity contribution in [3.8, 4) is 0 Å². The summed E-state index contributed by atoms with van der Waals surface area (Å²) in [5.74, 6) is 1.35. The summed E-state index contributed by atoms with van der Waals surface area (Å²) in [5.41, 5.74) is 3.25. The molecule has 0 spiro atoms. The zero-order valence-corrected chi connectivity index (χ0v) is 23.1. The lowest BCUT2D eigenvalue weighted by molar-refractivity contribution is 0.299. The molecule has 2 aliphatic rings. The van der Waals surface area contributed by atoms with E-state index < -0.39 is 0 Å². The summed E-state index contributed by atoms with van der Waals surface area (Å²) in [7, 11) is 3.23. The molecule has 2 nitrogen and oxygen atoms in total. The summed E-state index contributed by atoms with van der Waals surface area (Å²) < 4.78 is 0. The smallest absolute Gasteiger partial charge is 0.0182 e. The van der Waals surface area contributed by atoms with Crippen molar-refractivity contribution >= 4 is 27.9 Å². The number of hydrogen-bond acceptors (Lipinski definition) is 2. The maximum atomic E-state index is 3.69. The van der Waals surface area contributed by atoms with Gasteiger partial charge in [0.05, 0.1) is 0 Å². The van der Waals surface area contributed by atoms with Crippen LogP contribution in [0.4, 0.5) is 0 Å². The Labute approximate surface area is 200 Å². The van der Waals surface area contributed by atoms with E-state index in [-0.39, 0.29) is 13.1 Å². The maximum Gasteiger partial charge on any atom is 0.0182 e. The van der Waals surface area contributed by atoms with E-state index in [1.807, 2.05) is 0 Å². The fourth-order valence-electron chi connectivity index (χ4n) is 6.45. The average molecular weight is 471 g/mol. The Morgan fingerprint density at radius 1 is 0.844 bits per heavy atom. The van der Waals surface area contributed by atoms with Crippen molar-refractivity contribution in [1.82, 2.24) is 10.6 Å². The van der Waals surface area contributed by atoms with Crippen molar-refractivity contribution in [3.63, 3.8) is 0 Å². The van der Waals surface area contributed by atoms with Gasteiger partial charge < -0.3 is 10.6 Å². The van der Waals surface area contributed by atoms with Crippen LogP contribution in [0.25, 0.3) is 10.8 Å². The van der Waals surface area contributed by atoms with Crippen LogP contribution in [0.5, 0.6) is 0 Å². The molecule has 2 N–H and O–H groups in total. The number of rotatable bonds is 5. The first-order valence-corrected chi connectivity index (χ1v) is 14.6. The van der Waals surface area contributed by atoms with Gasteiger partial charge in [0, 0.05) is 5.16 Å². The molecule has 176 valence electrons. The lowest BCUT2D eigenvalue weighted by Crippen LogP contribution is -2.40. The van der Waals surface area contributed by atoms with Crippen LogP contribution >= 0.6 is 17.2 Å². The Morgan fingerprint density at radius 3 is 1.91 bits per heavy atom. The summed E-state index contributed by atoms with van der Waals surface area (Å²) in [5, 5.41) is 11.0. The Balaban J connectivity index is 1.92. The molecule has 2 aromatic carbocycles. The van der Waals surface area contributed by atoms with Gasteiger partial charge in [0.2, 0.25) is 0 Å². The third-order valence-electron chi connectivity index (χ3n) is 7.91. The molecule has 0 radical (unpaired) electrons. The molecule has 2 aromatic rings. The number of hydrogen-bond donors (Lipinski definition) is 2. The summed E-state index contributed by atoms with van der Waals surface area (Å²) >= 11 is 0. The van der Waals surface area contributed by atoms with Gasteiger partial charge in [-0.2, -0.15) is 0 Å². The normalized spacial score (nSPS) is 24.4. The Hall–Kier alpha value is -0.520. The summed E-state index contributed by atoms with van der Waals surface area (Å²) in [6, 6.07) is 14.0. The highest BCUT2D eigenvalue weighted by Crippen LogP contribution is 2.63. The highest BCUT2D eigenvalue weighted by atomic mass is 31.1. The van der Waals surface area contributed by atoms with Crippen LogP contribution in [0.1, 0.15) is 65.5 Å². The molecule has 0 aliphatic carbocycles. The van der Waals surface area contributed by atoms with E-state index in [4.69, 9.17) is 0 Å². The van der Waals surface area contributed by atoms with Gasteiger partial charge in [-0.25, -0.2) is 0 Å². The molecule has 0 bridgehead atoms. The van der Waals surface area contributed by atoms with Crippen LogP contribution in [-0.2, 0) is 11.3 Å². The van der Waals surface area contributed by atoms with E-state index in [1.165, 1.54) is 29.8 Å². The zero-order chi connectivity index (χ0) is 23.1. The molecule has 2 heterocycles. The molecule has 4 rings (SSSR count). The van der Waals surface area contributed by atoms with Crippen LogP contribution in [0, 0.1) is 11.8 Å². The van der Waals surface area contributed by atoms with Crippen molar-refractivity contribution in [1.29, 1.82) is 0 Å². The third-order valence-corrected chi connectivity index (χ3v) is 13.0. The quantitative estimate of drug-likeness (QED) is 0.475. The minimum atomic E-state index is -0.220. The maximum absolute atomic E-state index is 3.69. The van der Waals surface area contributed by atoms with Gasteiger partial charge >= 0.3 is 0 Å². The van der Waals surface area contributed by atoms with Gasteiger partial charge in [-0.3, -0.25) is 0 Å². The predicted octanol–water partition coefficient (Wildman–Crippen LogP) is 6.71. The van der Waals surface area contributed by atoms with Crippen LogP contribution in [-0.4, -0.2) is 36.5 Å². The highest BCUT2D eigenvalue weighted by Gasteiger charge is 2.47. The average Bonchev–Trinajstić information content (AvgIpc) is 3.44. The van der Waals surface area contributed by atoms with E-state index >= 15 is 0 Å². The van der Waals surface area contributed by atoms with Gasteiger partial charge in [-0.1, -0.05) is 85.9 Å². The second-order valence-electron chi connectivity index (χ2n) is 12.1. The Morgan fingerprint density at radius 2 is 1.41 bits per heavy atom. The van der Waals surface area contributed by atoms with Gasteiger partial charge in [0.25, 0.3) is 0 Å². The van der Waals surface area contributed by atoms with Gasteiger partial charge in [0.15, 0.2) is 0 Å². The number of benzene rings is 2. The zero-order valence-electron chi connectivity index (χ0n) is 21.1. The van der Waals surface area contributed by atoms with Crippen LogP contribution in [0.2, 0.25) is 0 Å². The van der Waals surface area contributed by atoms with E-state index in [0.29, 0.717) is 22.1 Å². The summed E-state index contributed by atoms with van der Waals surface area (Å²) in [6.45, 7) is 19.4. The molecular weight excluding hydrogens is 426 g/mol. The third kappa shape index (κ3) is 4.68. The molecule has 4 heteroatoms. The first kappa shape index (κ1) is 24.6. The van der Waals surface area contributed by atoms with E-state index in [0.717, 1.165) is 26.2 Å². The SMILES string of the molecule is CC(C)(C)P(Cc1c(C(P)(C2CCNC2)C2CCNC2)ccc2ccccc12)C(C)(C)C. The van der Waals surface area contributed by atoms with Gasteiger partial charge in [-0.15, -0.1) is 9.24 Å². The fraction of sp³-hybridized carbons (Fsp3) is 0.643. The van der Waals surface area contributed by atoms with Crippen LogP contribution < -0.4 is 10.6 Å². The van der Waals surface area contributed by atoms with Gasteiger partial charge in [-0.05, 0) is 89.2 Å². The van der Waals surface area contributed by atoms with Gasteiger partial charge in [0.1, 0.15) is 0 Å². The number of fused-ring (bicyclic) bond motifs is 1. The Kier molecular flexibility index (Phi) is 7.12. The molecule has 2 fully saturated rings. The lowest BCUT2D eigenvalue weighted by Gasteiger charge is -2.45. The molecule has 0 aromatic heterocycles. The minimum absolute atomic E-state index is 0.128. The molecule has 32 heavy (non-hydrogen) atoms. The van der Waals surface area contributed by atoms with Crippen molar-refractivity contribution < 1.29 is 0 Å². The number of nitrogens with one attached hydrogen (secondary N) is 2. The molecule has 0 amide bonds.